The third-order valence-electron chi connectivity index (χ3n) is 5.17. The highest BCUT2D eigenvalue weighted by atomic mass is 16.3. The van der Waals surface area contributed by atoms with Crippen LogP contribution in [-0.4, -0.2) is 59.0 Å². The molecule has 0 heterocycles. The van der Waals surface area contributed by atoms with Gasteiger partial charge >= 0.3 is 0 Å². The number of benzene rings is 1. The minimum atomic E-state index is -0.667. The zero-order chi connectivity index (χ0) is 24.1. The van der Waals surface area contributed by atoms with Crippen molar-refractivity contribution in [1.82, 2.24) is 0 Å². The van der Waals surface area contributed by atoms with Crippen LogP contribution in [-0.2, 0) is 9.59 Å². The van der Waals surface area contributed by atoms with E-state index in [1.165, 1.54) is 31.4 Å². The zero-order valence-corrected chi connectivity index (χ0v) is 19.2. The first-order valence-electron chi connectivity index (χ1n) is 10.6. The van der Waals surface area contributed by atoms with Crippen LogP contribution in [0.3, 0.4) is 0 Å². The Kier molecular flexibility index (Phi) is 19.8. The highest BCUT2D eigenvalue weighted by Crippen LogP contribution is 2.26. The molecule has 0 aromatic heterocycles. The van der Waals surface area contributed by atoms with Gasteiger partial charge in [0.05, 0.1) is 31.2 Å². The number of aliphatic imine (C=N–C) groups is 2. The van der Waals surface area contributed by atoms with Gasteiger partial charge in [-0.25, -0.2) is 9.59 Å². The van der Waals surface area contributed by atoms with Crippen molar-refractivity contribution in [2.24, 2.45) is 21.3 Å². The van der Waals surface area contributed by atoms with Gasteiger partial charge in [0.1, 0.15) is 0 Å². The Morgan fingerprint density at radius 2 is 1.42 bits per heavy atom. The first kappa shape index (κ1) is 31.0. The minimum absolute atomic E-state index is 0.156. The Balaban J connectivity index is 0. The normalized spacial score (nSPS) is 11.0. The first-order valence-corrected chi connectivity index (χ1v) is 10.6. The van der Waals surface area contributed by atoms with E-state index >= 15 is 0 Å². The molecule has 1 unspecified atom stereocenters. The molecule has 4 N–H and O–H groups in total. The summed E-state index contributed by atoms with van der Waals surface area (Å²) in [6, 6.07) is 4.94. The summed E-state index contributed by atoms with van der Waals surface area (Å²) in [4.78, 5) is 26.9. The number of isocyanates is 2. The van der Waals surface area contributed by atoms with Crippen molar-refractivity contribution in [3.05, 3.63) is 23.8 Å². The fraction of sp³-hybridized carbons (Fsp3) is 0.652. The summed E-state index contributed by atoms with van der Waals surface area (Å²) in [5.74, 6) is 0.560. The number of carbonyl (C=O) groups excluding carboxylic acids is 2. The Morgan fingerprint density at radius 1 is 0.935 bits per heavy atom. The Morgan fingerprint density at radius 3 is 1.68 bits per heavy atom. The molecule has 8 heteroatoms. The zero-order valence-electron chi connectivity index (χ0n) is 19.2. The van der Waals surface area contributed by atoms with Crippen molar-refractivity contribution in [1.29, 1.82) is 0 Å². The van der Waals surface area contributed by atoms with Gasteiger partial charge in [-0.2, -0.15) is 9.98 Å². The van der Waals surface area contributed by atoms with Gasteiger partial charge in [-0.3, -0.25) is 0 Å². The third-order valence-corrected chi connectivity index (χ3v) is 5.17. The monoisotopic (exact) mass is 438 g/mol. The van der Waals surface area contributed by atoms with Crippen LogP contribution in [0.1, 0.15) is 58.4 Å². The van der Waals surface area contributed by atoms with Crippen LogP contribution < -0.4 is 0 Å². The van der Waals surface area contributed by atoms with E-state index in [1.807, 2.05) is 6.92 Å². The van der Waals surface area contributed by atoms with Crippen molar-refractivity contribution in [3.63, 3.8) is 0 Å². The lowest BCUT2D eigenvalue weighted by Crippen LogP contribution is -2.32. The molecule has 0 bridgehead atoms. The molecule has 0 radical (unpaired) electrons. The summed E-state index contributed by atoms with van der Waals surface area (Å²) < 4.78 is 0. The molecular weight excluding hydrogens is 400 g/mol. The van der Waals surface area contributed by atoms with Gasteiger partial charge in [0, 0.05) is 17.6 Å². The molecular formula is C23H38N2O6. The van der Waals surface area contributed by atoms with E-state index in [9.17, 15) is 9.59 Å². The van der Waals surface area contributed by atoms with Crippen LogP contribution in [0.5, 0.6) is 0 Å². The molecule has 0 saturated carbocycles. The maximum absolute atomic E-state index is 10.00. The molecule has 0 saturated heterocycles. The van der Waals surface area contributed by atoms with E-state index in [4.69, 9.17) is 20.4 Å². The minimum Gasteiger partial charge on any atom is -0.396 e. The molecule has 0 fully saturated rings. The molecule has 1 rings (SSSR count). The number of hydrogen-bond acceptors (Lipinski definition) is 8. The van der Waals surface area contributed by atoms with Crippen LogP contribution in [0.15, 0.2) is 28.2 Å². The van der Waals surface area contributed by atoms with Crippen LogP contribution in [0, 0.1) is 18.3 Å². The molecule has 31 heavy (non-hydrogen) atoms. The lowest BCUT2D eigenvalue weighted by Gasteiger charge is -2.24. The number of aliphatic hydroxyl groups excluding tert-OH is 4. The fourth-order valence-electron chi connectivity index (χ4n) is 2.35. The standard InChI is InChI=1S/C9H6N2O2.C8H18O.C6H14O3/c1-7-8(10-5-12)3-2-4-9(7)11-6-13;1-3-5-6-8(4-2)7-9;1-2-6(3-7,4-8)5-9/h2-4H,1H3;8-9H,3-7H2,1-2H3;7-9H,2-5H2,1H3. The topological polar surface area (TPSA) is 140 Å². The van der Waals surface area contributed by atoms with Crippen molar-refractivity contribution in [2.75, 3.05) is 26.4 Å². The molecule has 0 aliphatic carbocycles. The Hall–Kier alpha value is -2.18. The van der Waals surface area contributed by atoms with E-state index in [2.05, 4.69) is 23.8 Å². The molecule has 1 atom stereocenters. The van der Waals surface area contributed by atoms with Crippen LogP contribution >= 0.6 is 0 Å². The van der Waals surface area contributed by atoms with Gasteiger partial charge in [-0.15, -0.1) is 0 Å². The predicted molar refractivity (Wildman–Crippen MR) is 121 cm³/mol. The predicted octanol–water partition coefficient (Wildman–Crippen LogP) is 3.48. The van der Waals surface area contributed by atoms with E-state index in [-0.39, 0.29) is 19.8 Å². The van der Waals surface area contributed by atoms with Crippen molar-refractivity contribution in [3.8, 4) is 0 Å². The Bertz CT molecular complexity index is 621. The molecule has 0 aliphatic heterocycles. The summed E-state index contributed by atoms with van der Waals surface area (Å²) in [7, 11) is 0. The number of hydrogen-bond donors (Lipinski definition) is 4. The second-order valence-electron chi connectivity index (χ2n) is 7.25. The number of nitrogens with zero attached hydrogens (tertiary/aromatic N) is 2. The average Bonchev–Trinajstić information content (AvgIpc) is 2.80. The number of rotatable bonds is 11. The van der Waals surface area contributed by atoms with Crippen molar-refractivity contribution in [2.45, 2.75) is 59.8 Å². The summed E-state index contributed by atoms with van der Waals surface area (Å²) in [5, 5.41) is 34.7. The van der Waals surface area contributed by atoms with Gasteiger partial charge < -0.3 is 20.4 Å². The van der Waals surface area contributed by atoms with E-state index in [0.717, 1.165) is 6.42 Å². The summed E-state index contributed by atoms with van der Waals surface area (Å²) in [6.45, 7) is 7.76. The van der Waals surface area contributed by atoms with Crippen molar-refractivity contribution < 1.29 is 30.0 Å². The molecule has 0 amide bonds. The fourth-order valence-corrected chi connectivity index (χ4v) is 2.35. The van der Waals surface area contributed by atoms with E-state index in [0.29, 0.717) is 35.9 Å². The average molecular weight is 439 g/mol. The van der Waals surface area contributed by atoms with Crippen LogP contribution in [0.4, 0.5) is 11.4 Å². The highest BCUT2D eigenvalue weighted by molar-refractivity contribution is 5.64. The molecule has 176 valence electrons. The Labute approximate surface area is 185 Å². The second-order valence-corrected chi connectivity index (χ2v) is 7.25. The quantitative estimate of drug-likeness (QED) is 0.308. The smallest absolute Gasteiger partial charge is 0.240 e. The summed E-state index contributed by atoms with van der Waals surface area (Å²) >= 11 is 0. The van der Waals surface area contributed by atoms with Gasteiger partial charge in [-0.1, -0.05) is 46.1 Å². The van der Waals surface area contributed by atoms with E-state index < -0.39 is 5.41 Å². The first-order chi connectivity index (χ1) is 14.9. The molecule has 1 aromatic rings. The summed E-state index contributed by atoms with van der Waals surface area (Å²) in [5.41, 5.74) is 0.923. The SMILES string of the molecule is CCC(CO)(CO)CO.CCCCC(CC)CO.Cc1c(N=C=O)cccc1N=C=O. The molecule has 1 aromatic carbocycles. The third kappa shape index (κ3) is 13.0. The van der Waals surface area contributed by atoms with Gasteiger partial charge in [0.25, 0.3) is 0 Å². The van der Waals surface area contributed by atoms with Gasteiger partial charge in [-0.05, 0) is 37.8 Å². The maximum Gasteiger partial charge on any atom is 0.240 e. The second kappa shape index (κ2) is 19.8. The number of aliphatic hydroxyl groups is 4. The van der Waals surface area contributed by atoms with Crippen molar-refractivity contribution >= 4 is 23.5 Å². The summed E-state index contributed by atoms with van der Waals surface area (Å²) in [6.07, 6.45) is 8.28. The van der Waals surface area contributed by atoms with Crippen LogP contribution in [0.25, 0.3) is 0 Å². The molecule has 8 nitrogen and oxygen atoms in total. The lowest BCUT2D eigenvalue weighted by atomic mass is 9.88. The maximum atomic E-state index is 10.00. The number of unbranched alkanes of at least 4 members (excludes halogenated alkanes) is 1. The highest BCUT2D eigenvalue weighted by Gasteiger charge is 2.24. The van der Waals surface area contributed by atoms with E-state index in [1.54, 1.807) is 25.1 Å². The van der Waals surface area contributed by atoms with Gasteiger partial charge in [0.15, 0.2) is 0 Å². The largest absolute Gasteiger partial charge is 0.396 e. The molecule has 0 aliphatic rings. The lowest BCUT2D eigenvalue weighted by molar-refractivity contribution is 0.00304. The van der Waals surface area contributed by atoms with Gasteiger partial charge in [0.2, 0.25) is 12.2 Å². The molecule has 0 spiro atoms. The van der Waals surface area contributed by atoms with Crippen LogP contribution in [0.2, 0.25) is 0 Å².